The number of esters is 1. The van der Waals surface area contributed by atoms with Gasteiger partial charge in [0.05, 0.1) is 6.26 Å². The highest BCUT2D eigenvalue weighted by Crippen LogP contribution is 1.70. The molecule has 0 amide bonds. The molecule has 0 spiro atoms. The first kappa shape index (κ1) is 9.81. The Morgan fingerprint density at radius 3 is 2.29 bits per heavy atom. The topological polar surface area (TPSA) is 26.3 Å². The van der Waals surface area contributed by atoms with Crippen LogP contribution in [0.15, 0.2) is 12.8 Å². The van der Waals surface area contributed by atoms with E-state index in [1.807, 2.05) is 0 Å². The van der Waals surface area contributed by atoms with Crippen molar-refractivity contribution in [1.29, 1.82) is 0 Å². The van der Waals surface area contributed by atoms with Crippen LogP contribution in [0.3, 0.4) is 0 Å². The van der Waals surface area contributed by atoms with Gasteiger partial charge in [-0.25, -0.2) is 0 Å². The van der Waals surface area contributed by atoms with Crippen LogP contribution in [-0.2, 0) is 9.53 Å². The number of carbonyl (C=O) groups excluding carboxylic acids is 1. The highest BCUT2D eigenvalue weighted by molar-refractivity contribution is 6.92. The summed E-state index contributed by atoms with van der Waals surface area (Å²) in [6.07, 6.45) is 1.10. The van der Waals surface area contributed by atoms with Crippen LogP contribution in [0, 0.1) is 0 Å². The molecule has 3 heteroatoms. The molecule has 0 bridgehead atoms. The smallest absolute Gasteiger partial charge is 0.307 e. The largest absolute Gasteiger partial charge is 0.435 e. The minimum absolute atomic E-state index is 0. The third-order valence-corrected chi connectivity index (χ3v) is 0.249. The lowest BCUT2D eigenvalue weighted by Crippen LogP contribution is -1.87. The van der Waals surface area contributed by atoms with Gasteiger partial charge in [0.2, 0.25) is 0 Å². The first-order valence-corrected chi connectivity index (χ1v) is 1.55. The molecule has 0 fully saturated rings. The van der Waals surface area contributed by atoms with Crippen molar-refractivity contribution in [2.45, 2.75) is 6.92 Å². The van der Waals surface area contributed by atoms with E-state index in [9.17, 15) is 4.79 Å². The highest BCUT2D eigenvalue weighted by Gasteiger charge is 1.79. The molecule has 0 aliphatic carbocycles. The highest BCUT2D eigenvalue weighted by atomic mass is 31.0. The molecular formula is C4H9O2P. The third kappa shape index (κ3) is 10.7. The van der Waals surface area contributed by atoms with Crippen LogP contribution in [-0.4, -0.2) is 5.97 Å². The van der Waals surface area contributed by atoms with E-state index in [0.717, 1.165) is 6.26 Å². The SMILES string of the molecule is C=COC(C)=O.P. The van der Waals surface area contributed by atoms with Crippen LogP contribution in [0.5, 0.6) is 0 Å². The lowest BCUT2D eigenvalue weighted by molar-refractivity contribution is -0.135. The fourth-order valence-corrected chi connectivity index (χ4v) is 0.117. The van der Waals surface area contributed by atoms with Crippen LogP contribution in [0.2, 0.25) is 0 Å². The Bertz CT molecular complexity index is 70.1. The molecule has 0 N–H and O–H groups in total. The van der Waals surface area contributed by atoms with E-state index >= 15 is 0 Å². The number of ether oxygens (including phenoxy) is 1. The second kappa shape index (κ2) is 5.64. The zero-order valence-electron chi connectivity index (χ0n) is 4.31. The first-order chi connectivity index (χ1) is 2.77. The maximum atomic E-state index is 9.75. The van der Waals surface area contributed by atoms with Crippen molar-refractivity contribution in [3.63, 3.8) is 0 Å². The summed E-state index contributed by atoms with van der Waals surface area (Å²) in [5.74, 6) is -0.329. The third-order valence-electron chi connectivity index (χ3n) is 0.249. The summed E-state index contributed by atoms with van der Waals surface area (Å²) in [7, 11) is 0. The summed E-state index contributed by atoms with van der Waals surface area (Å²) < 4.78 is 4.17. The molecule has 2 nitrogen and oxygen atoms in total. The van der Waals surface area contributed by atoms with Crippen molar-refractivity contribution < 1.29 is 9.53 Å². The fourth-order valence-electron chi connectivity index (χ4n) is 0.117. The summed E-state index contributed by atoms with van der Waals surface area (Å²) in [5, 5.41) is 0. The lowest BCUT2D eigenvalue weighted by atomic mass is 10.8. The first-order valence-electron chi connectivity index (χ1n) is 1.55. The average Bonchev–Trinajstić information content (AvgIpc) is 1.35. The van der Waals surface area contributed by atoms with Gasteiger partial charge in [0.15, 0.2) is 0 Å². The molecule has 0 aliphatic rings. The van der Waals surface area contributed by atoms with Gasteiger partial charge in [-0.05, 0) is 0 Å². The maximum Gasteiger partial charge on any atom is 0.307 e. The Hall–Kier alpha value is -0.360. The molecule has 0 aromatic rings. The molecule has 0 aromatic heterocycles. The van der Waals surface area contributed by atoms with Gasteiger partial charge in [-0.2, -0.15) is 9.90 Å². The second-order valence-corrected chi connectivity index (χ2v) is 0.776. The molecule has 7 heavy (non-hydrogen) atoms. The molecule has 0 aromatic carbocycles. The number of hydrogen-bond donors (Lipinski definition) is 0. The molecule has 1 atom stereocenters. The van der Waals surface area contributed by atoms with Crippen molar-refractivity contribution in [1.82, 2.24) is 0 Å². The zero-order chi connectivity index (χ0) is 4.99. The number of rotatable bonds is 1. The van der Waals surface area contributed by atoms with E-state index in [2.05, 4.69) is 11.3 Å². The summed E-state index contributed by atoms with van der Waals surface area (Å²) in [6.45, 7) is 4.48. The minimum Gasteiger partial charge on any atom is -0.435 e. The summed E-state index contributed by atoms with van der Waals surface area (Å²) >= 11 is 0. The molecule has 0 radical (unpaired) electrons. The van der Waals surface area contributed by atoms with E-state index < -0.39 is 0 Å². The summed E-state index contributed by atoms with van der Waals surface area (Å²) in [5.41, 5.74) is 0. The van der Waals surface area contributed by atoms with Gasteiger partial charge >= 0.3 is 5.97 Å². The van der Waals surface area contributed by atoms with Gasteiger partial charge in [0, 0.05) is 6.92 Å². The zero-order valence-corrected chi connectivity index (χ0v) is 5.72. The molecular weight excluding hydrogens is 111 g/mol. The Balaban J connectivity index is 0. The Kier molecular flexibility index (Phi) is 7.90. The molecule has 1 unspecified atom stereocenters. The van der Waals surface area contributed by atoms with Gasteiger partial charge in [-0.15, -0.1) is 0 Å². The van der Waals surface area contributed by atoms with Crippen LogP contribution >= 0.6 is 9.90 Å². The normalized spacial score (nSPS) is 5.86. The Labute approximate surface area is 46.2 Å². The van der Waals surface area contributed by atoms with Crippen molar-refractivity contribution in [3.05, 3.63) is 12.8 Å². The summed E-state index contributed by atoms with van der Waals surface area (Å²) in [4.78, 5) is 9.75. The molecule has 0 saturated heterocycles. The van der Waals surface area contributed by atoms with Crippen molar-refractivity contribution in [2.75, 3.05) is 0 Å². The van der Waals surface area contributed by atoms with Gasteiger partial charge in [0.1, 0.15) is 0 Å². The van der Waals surface area contributed by atoms with Crippen molar-refractivity contribution in [3.8, 4) is 0 Å². The Morgan fingerprint density at radius 1 is 1.86 bits per heavy atom. The number of carbonyl (C=O) groups is 1. The van der Waals surface area contributed by atoms with E-state index in [1.165, 1.54) is 6.92 Å². The monoisotopic (exact) mass is 120 g/mol. The molecule has 0 aliphatic heterocycles. The van der Waals surface area contributed by atoms with Gasteiger partial charge in [-0.1, -0.05) is 6.58 Å². The molecule has 0 heterocycles. The van der Waals surface area contributed by atoms with Crippen LogP contribution < -0.4 is 0 Å². The van der Waals surface area contributed by atoms with Gasteiger partial charge < -0.3 is 4.74 Å². The van der Waals surface area contributed by atoms with Crippen LogP contribution in [0.25, 0.3) is 0 Å². The maximum absolute atomic E-state index is 9.75. The summed E-state index contributed by atoms with van der Waals surface area (Å²) in [6, 6.07) is 0. The fraction of sp³-hybridized carbons (Fsp3) is 0.250. The van der Waals surface area contributed by atoms with Crippen molar-refractivity contribution in [2.24, 2.45) is 0 Å². The van der Waals surface area contributed by atoms with Crippen molar-refractivity contribution >= 4 is 15.9 Å². The van der Waals surface area contributed by atoms with Gasteiger partial charge in [0.25, 0.3) is 0 Å². The predicted octanol–water partition coefficient (Wildman–Crippen LogP) is 0.751. The molecule has 0 saturated carbocycles. The van der Waals surface area contributed by atoms with E-state index in [4.69, 9.17) is 0 Å². The van der Waals surface area contributed by atoms with E-state index in [-0.39, 0.29) is 15.9 Å². The van der Waals surface area contributed by atoms with E-state index in [0.29, 0.717) is 0 Å². The van der Waals surface area contributed by atoms with Gasteiger partial charge in [-0.3, -0.25) is 4.79 Å². The second-order valence-electron chi connectivity index (χ2n) is 0.776. The Morgan fingerprint density at radius 2 is 2.29 bits per heavy atom. The predicted molar refractivity (Wildman–Crippen MR) is 33.1 cm³/mol. The quantitative estimate of drug-likeness (QED) is 0.290. The lowest BCUT2D eigenvalue weighted by Gasteiger charge is -1.83. The van der Waals surface area contributed by atoms with Crippen LogP contribution in [0.4, 0.5) is 0 Å². The van der Waals surface area contributed by atoms with Crippen LogP contribution in [0.1, 0.15) is 6.92 Å². The average molecular weight is 120 g/mol. The number of hydrogen-bond acceptors (Lipinski definition) is 2. The minimum atomic E-state index is -0.329. The standard InChI is InChI=1S/C4H6O2.H3P/c1-3-6-4(2)5;/h3H,1H2,2H3;1H3. The van der Waals surface area contributed by atoms with E-state index in [1.54, 1.807) is 0 Å². The molecule has 42 valence electrons. The molecule has 0 rings (SSSR count).